The molecule has 0 fully saturated rings. The van der Waals surface area contributed by atoms with Crippen molar-refractivity contribution in [1.82, 2.24) is 5.32 Å². The second-order valence-corrected chi connectivity index (χ2v) is 5.97. The van der Waals surface area contributed by atoms with Crippen LogP contribution in [0.1, 0.15) is 37.0 Å². The van der Waals surface area contributed by atoms with Crippen LogP contribution in [-0.4, -0.2) is 11.9 Å². The summed E-state index contributed by atoms with van der Waals surface area (Å²) in [6, 6.07) is 6.20. The van der Waals surface area contributed by atoms with Crippen molar-refractivity contribution in [3.05, 3.63) is 46.4 Å². The number of carbonyl (C=O) groups is 2. The van der Waals surface area contributed by atoms with Gasteiger partial charge < -0.3 is 20.4 Å². The Morgan fingerprint density at radius 1 is 1.17 bits per heavy atom. The summed E-state index contributed by atoms with van der Waals surface area (Å²) >= 11 is 6.01. The number of benzene rings is 1. The molecule has 6 nitrogen and oxygen atoms in total. The lowest BCUT2D eigenvalue weighted by molar-refractivity contribution is -0.114. The lowest BCUT2D eigenvalue weighted by Gasteiger charge is -2.15. The van der Waals surface area contributed by atoms with Gasteiger partial charge in [-0.15, -0.1) is 0 Å². The highest BCUT2D eigenvalue weighted by molar-refractivity contribution is 6.33. The first-order valence-electron chi connectivity index (χ1n) is 7.48. The molecule has 7 heteroatoms. The number of rotatable bonds is 4. The quantitative estimate of drug-likeness (QED) is 0.765. The molecule has 1 aromatic heterocycles. The van der Waals surface area contributed by atoms with Gasteiger partial charge in [-0.1, -0.05) is 11.6 Å². The SMILES string of the molecule is CC(=O)Nc1cc(NC(=O)NC(C)c2cc(C)oc2C)ccc1Cl. The first kappa shape index (κ1) is 17.9. The molecule has 0 radical (unpaired) electrons. The summed E-state index contributed by atoms with van der Waals surface area (Å²) in [4.78, 5) is 23.3. The van der Waals surface area contributed by atoms with E-state index in [2.05, 4.69) is 16.0 Å². The number of hydrogen-bond donors (Lipinski definition) is 3. The number of hydrogen-bond acceptors (Lipinski definition) is 3. The monoisotopic (exact) mass is 349 g/mol. The summed E-state index contributed by atoms with van der Waals surface area (Å²) in [5, 5.41) is 8.57. The molecule has 0 aliphatic heterocycles. The van der Waals surface area contributed by atoms with Crippen LogP contribution in [0, 0.1) is 13.8 Å². The van der Waals surface area contributed by atoms with Gasteiger partial charge in [-0.3, -0.25) is 4.79 Å². The Morgan fingerprint density at radius 3 is 2.46 bits per heavy atom. The normalized spacial score (nSPS) is 11.7. The van der Waals surface area contributed by atoms with Crippen LogP contribution >= 0.6 is 11.6 Å². The van der Waals surface area contributed by atoms with Gasteiger partial charge in [0.05, 0.1) is 16.8 Å². The predicted octanol–water partition coefficient (Wildman–Crippen LogP) is 4.39. The Balaban J connectivity index is 2.04. The van der Waals surface area contributed by atoms with Crippen LogP contribution in [0.3, 0.4) is 0 Å². The third-order valence-corrected chi connectivity index (χ3v) is 3.76. The molecule has 0 spiro atoms. The van der Waals surface area contributed by atoms with E-state index in [9.17, 15) is 9.59 Å². The molecule has 1 aromatic carbocycles. The number of aryl methyl sites for hydroxylation is 2. The van der Waals surface area contributed by atoms with Crippen molar-refractivity contribution in [2.45, 2.75) is 33.7 Å². The van der Waals surface area contributed by atoms with Gasteiger partial charge in [-0.05, 0) is 45.0 Å². The molecule has 3 amide bonds. The number of nitrogens with one attached hydrogen (secondary N) is 3. The Morgan fingerprint density at radius 2 is 1.88 bits per heavy atom. The smallest absolute Gasteiger partial charge is 0.319 e. The number of urea groups is 1. The number of amides is 3. The standard InChI is InChI=1S/C17H20ClN3O3/c1-9-7-14(11(3)24-9)10(2)19-17(23)21-13-5-6-15(18)16(8-13)20-12(4)22/h5-8,10H,1-4H3,(H,20,22)(H2,19,21,23). The molecular weight excluding hydrogens is 330 g/mol. The molecule has 0 saturated carbocycles. The summed E-state index contributed by atoms with van der Waals surface area (Å²) in [6.07, 6.45) is 0. The zero-order valence-electron chi connectivity index (χ0n) is 14.0. The summed E-state index contributed by atoms with van der Waals surface area (Å²) in [7, 11) is 0. The molecule has 1 atom stereocenters. The Hall–Kier alpha value is -2.47. The number of carbonyl (C=O) groups excluding carboxylic acids is 2. The van der Waals surface area contributed by atoms with Gasteiger partial charge in [-0.25, -0.2) is 4.79 Å². The largest absolute Gasteiger partial charge is 0.466 e. The summed E-state index contributed by atoms with van der Waals surface area (Å²) in [5.41, 5.74) is 1.89. The minimum Gasteiger partial charge on any atom is -0.466 e. The maximum absolute atomic E-state index is 12.2. The van der Waals surface area contributed by atoms with Crippen molar-refractivity contribution >= 4 is 34.9 Å². The number of halogens is 1. The van der Waals surface area contributed by atoms with Gasteiger partial charge in [0.15, 0.2) is 0 Å². The van der Waals surface area contributed by atoms with E-state index in [1.807, 2.05) is 26.8 Å². The second-order valence-electron chi connectivity index (χ2n) is 5.56. The van der Waals surface area contributed by atoms with E-state index >= 15 is 0 Å². The minimum atomic E-state index is -0.364. The van der Waals surface area contributed by atoms with Crippen LogP contribution < -0.4 is 16.0 Å². The Bertz CT molecular complexity index is 770. The van der Waals surface area contributed by atoms with Crippen LogP contribution in [0.5, 0.6) is 0 Å². The molecule has 2 rings (SSSR count). The van der Waals surface area contributed by atoms with E-state index in [-0.39, 0.29) is 18.0 Å². The molecule has 0 aliphatic carbocycles. The van der Waals surface area contributed by atoms with E-state index in [0.717, 1.165) is 17.1 Å². The molecule has 128 valence electrons. The van der Waals surface area contributed by atoms with Gasteiger partial charge in [0.2, 0.25) is 5.91 Å². The van der Waals surface area contributed by atoms with E-state index in [4.69, 9.17) is 16.0 Å². The van der Waals surface area contributed by atoms with Crippen molar-refractivity contribution in [1.29, 1.82) is 0 Å². The van der Waals surface area contributed by atoms with Crippen LogP contribution in [0.25, 0.3) is 0 Å². The molecule has 1 unspecified atom stereocenters. The molecule has 0 aliphatic rings. The number of anilines is 2. The van der Waals surface area contributed by atoms with Crippen LogP contribution in [0.15, 0.2) is 28.7 Å². The summed E-state index contributed by atoms with van der Waals surface area (Å²) in [6.45, 7) is 6.99. The fraction of sp³-hybridized carbons (Fsp3) is 0.294. The first-order chi connectivity index (χ1) is 11.3. The zero-order chi connectivity index (χ0) is 17.9. The minimum absolute atomic E-state index is 0.204. The average molecular weight is 350 g/mol. The highest BCUT2D eigenvalue weighted by atomic mass is 35.5. The van der Waals surface area contributed by atoms with E-state index in [0.29, 0.717) is 16.4 Å². The molecule has 2 aromatic rings. The molecule has 0 bridgehead atoms. The number of furan rings is 1. The van der Waals surface area contributed by atoms with E-state index in [1.54, 1.807) is 18.2 Å². The third-order valence-electron chi connectivity index (χ3n) is 3.43. The summed E-state index contributed by atoms with van der Waals surface area (Å²) in [5.74, 6) is 1.34. The van der Waals surface area contributed by atoms with Crippen molar-refractivity contribution in [2.24, 2.45) is 0 Å². The van der Waals surface area contributed by atoms with Gasteiger partial charge in [0.1, 0.15) is 11.5 Å². The maximum Gasteiger partial charge on any atom is 0.319 e. The molecule has 1 heterocycles. The van der Waals surface area contributed by atoms with Crippen LogP contribution in [0.4, 0.5) is 16.2 Å². The van der Waals surface area contributed by atoms with Gasteiger partial charge >= 0.3 is 6.03 Å². The molecular formula is C17H20ClN3O3. The average Bonchev–Trinajstić information content (AvgIpc) is 2.81. The van der Waals surface area contributed by atoms with Crippen LogP contribution in [0.2, 0.25) is 5.02 Å². The van der Waals surface area contributed by atoms with Gasteiger partial charge in [0.25, 0.3) is 0 Å². The topological polar surface area (TPSA) is 83.4 Å². The molecule has 24 heavy (non-hydrogen) atoms. The predicted molar refractivity (Wildman–Crippen MR) is 94.5 cm³/mol. The zero-order valence-corrected chi connectivity index (χ0v) is 14.7. The lowest BCUT2D eigenvalue weighted by atomic mass is 10.1. The van der Waals surface area contributed by atoms with E-state index < -0.39 is 0 Å². The fourth-order valence-electron chi connectivity index (χ4n) is 2.41. The van der Waals surface area contributed by atoms with E-state index in [1.165, 1.54) is 6.92 Å². The third kappa shape index (κ3) is 4.52. The van der Waals surface area contributed by atoms with Gasteiger partial charge in [0, 0.05) is 18.2 Å². The van der Waals surface area contributed by atoms with Crippen molar-refractivity contribution in [3.8, 4) is 0 Å². The summed E-state index contributed by atoms with van der Waals surface area (Å²) < 4.78 is 5.47. The Labute approximate surface area is 145 Å². The fourth-order valence-corrected chi connectivity index (χ4v) is 2.58. The van der Waals surface area contributed by atoms with Crippen molar-refractivity contribution in [2.75, 3.05) is 10.6 Å². The maximum atomic E-state index is 12.2. The molecule has 0 saturated heterocycles. The second kappa shape index (κ2) is 7.40. The highest BCUT2D eigenvalue weighted by Crippen LogP contribution is 2.26. The van der Waals surface area contributed by atoms with Crippen LogP contribution in [-0.2, 0) is 4.79 Å². The van der Waals surface area contributed by atoms with Gasteiger partial charge in [-0.2, -0.15) is 0 Å². The lowest BCUT2D eigenvalue weighted by Crippen LogP contribution is -2.31. The van der Waals surface area contributed by atoms with Crippen molar-refractivity contribution in [3.63, 3.8) is 0 Å². The highest BCUT2D eigenvalue weighted by Gasteiger charge is 2.15. The Kier molecular flexibility index (Phi) is 5.51. The van der Waals surface area contributed by atoms with Crippen molar-refractivity contribution < 1.29 is 14.0 Å². The molecule has 3 N–H and O–H groups in total. The first-order valence-corrected chi connectivity index (χ1v) is 7.85.